The van der Waals surface area contributed by atoms with Crippen molar-refractivity contribution in [1.82, 2.24) is 0 Å². The Bertz CT molecular complexity index is 1320. The maximum absolute atomic E-state index is 5.83. The molecule has 2 nitrogen and oxygen atoms in total. The Hall–Kier alpha value is -2.91. The van der Waals surface area contributed by atoms with Crippen molar-refractivity contribution >= 4 is 28.2 Å². The summed E-state index contributed by atoms with van der Waals surface area (Å²) in [5, 5.41) is 2.53. The summed E-state index contributed by atoms with van der Waals surface area (Å²) in [6.45, 7) is 9.15. The number of methoxy groups -OCH3 is 1. The van der Waals surface area contributed by atoms with Gasteiger partial charge in [-0.15, -0.1) is 0 Å². The monoisotopic (exact) mass is 481 g/mol. The summed E-state index contributed by atoms with van der Waals surface area (Å²) >= 11 is 2.05. The van der Waals surface area contributed by atoms with Gasteiger partial charge in [-0.05, 0) is 69.1 Å². The first kappa shape index (κ1) is 23.8. The second kappa shape index (κ2) is 9.99. The molecule has 1 heterocycles. The zero-order valence-corrected chi connectivity index (χ0v) is 22.1. The zero-order chi connectivity index (χ0) is 24.4. The number of hydrogen-bond acceptors (Lipinski definition) is 3. The van der Waals surface area contributed by atoms with Gasteiger partial charge >= 0.3 is 0 Å². The molecule has 0 saturated carbocycles. The highest BCUT2D eigenvalue weighted by molar-refractivity contribution is 7.99. The molecule has 180 valence electrons. The highest BCUT2D eigenvalue weighted by atomic mass is 32.2. The van der Waals surface area contributed by atoms with E-state index in [1.54, 1.807) is 7.11 Å². The van der Waals surface area contributed by atoms with Crippen molar-refractivity contribution in [1.29, 1.82) is 0 Å². The second-order valence-electron chi connectivity index (χ2n) is 10.0. The molecule has 0 amide bonds. The minimum Gasteiger partial charge on any atom is -0.496 e. The highest BCUT2D eigenvalue weighted by Crippen LogP contribution is 2.41. The first-order chi connectivity index (χ1) is 17.0. The van der Waals surface area contributed by atoms with Crippen molar-refractivity contribution in [2.45, 2.75) is 32.6 Å². The van der Waals surface area contributed by atoms with Crippen LogP contribution in [0.1, 0.15) is 32.8 Å². The van der Waals surface area contributed by atoms with Crippen LogP contribution in [0.15, 0.2) is 78.9 Å². The van der Waals surface area contributed by atoms with Crippen LogP contribution in [0.25, 0.3) is 33.0 Å². The Morgan fingerprint density at radius 1 is 0.800 bits per heavy atom. The van der Waals surface area contributed by atoms with E-state index in [2.05, 4.69) is 105 Å². The van der Waals surface area contributed by atoms with Gasteiger partial charge in [0.25, 0.3) is 0 Å². The molecule has 0 radical (unpaired) electrons. The topological polar surface area (TPSA) is 12.5 Å². The lowest BCUT2D eigenvalue weighted by Crippen LogP contribution is -2.32. The summed E-state index contributed by atoms with van der Waals surface area (Å²) in [7, 11) is 1.77. The Morgan fingerprint density at radius 3 is 2.11 bits per heavy atom. The number of hydrogen-bond donors (Lipinski definition) is 0. The fourth-order valence-electron chi connectivity index (χ4n) is 5.00. The van der Waals surface area contributed by atoms with E-state index < -0.39 is 0 Å². The first-order valence-corrected chi connectivity index (χ1v) is 13.8. The molecule has 4 aromatic carbocycles. The van der Waals surface area contributed by atoms with E-state index in [9.17, 15) is 0 Å². The average Bonchev–Trinajstić information content (AvgIpc) is 2.92. The van der Waals surface area contributed by atoms with Gasteiger partial charge in [0, 0.05) is 35.8 Å². The number of nitrogens with zero attached hydrogens (tertiary/aromatic N) is 1. The van der Waals surface area contributed by atoms with Gasteiger partial charge in [-0.25, -0.2) is 0 Å². The average molecular weight is 482 g/mol. The summed E-state index contributed by atoms with van der Waals surface area (Å²) < 4.78 is 5.83. The van der Waals surface area contributed by atoms with Gasteiger partial charge in [0.05, 0.1) is 7.11 Å². The van der Waals surface area contributed by atoms with Crippen molar-refractivity contribution in [3.63, 3.8) is 0 Å². The van der Waals surface area contributed by atoms with Crippen molar-refractivity contribution in [3.05, 3.63) is 84.4 Å². The normalized spacial score (nSPS) is 14.3. The van der Waals surface area contributed by atoms with E-state index in [4.69, 9.17) is 4.74 Å². The molecule has 0 atom stereocenters. The molecule has 1 aliphatic heterocycles. The van der Waals surface area contributed by atoms with Gasteiger partial charge < -0.3 is 9.64 Å². The minimum absolute atomic E-state index is 0.117. The number of thioether (sulfide) groups is 1. The number of anilines is 1. The van der Waals surface area contributed by atoms with Gasteiger partial charge in [-0.1, -0.05) is 75.4 Å². The molecule has 1 fully saturated rings. The molecule has 1 saturated heterocycles. The van der Waals surface area contributed by atoms with E-state index in [-0.39, 0.29) is 5.41 Å². The van der Waals surface area contributed by atoms with E-state index in [0.717, 1.165) is 30.8 Å². The fraction of sp³-hybridized carbons (Fsp3) is 0.312. The van der Waals surface area contributed by atoms with Crippen molar-refractivity contribution < 1.29 is 4.74 Å². The summed E-state index contributed by atoms with van der Waals surface area (Å²) in [4.78, 5) is 2.50. The lowest BCUT2D eigenvalue weighted by molar-refractivity contribution is 0.415. The van der Waals surface area contributed by atoms with Crippen molar-refractivity contribution in [2.24, 2.45) is 0 Å². The van der Waals surface area contributed by atoms with Crippen LogP contribution in [0.3, 0.4) is 0 Å². The number of benzene rings is 4. The smallest absolute Gasteiger partial charge is 0.126 e. The molecule has 5 rings (SSSR count). The Morgan fingerprint density at radius 2 is 1.46 bits per heavy atom. The minimum atomic E-state index is 0.117. The molecule has 3 heteroatoms. The van der Waals surface area contributed by atoms with Crippen LogP contribution >= 0.6 is 11.8 Å². The summed E-state index contributed by atoms with van der Waals surface area (Å²) in [6, 6.07) is 29.1. The fourth-order valence-corrected chi connectivity index (χ4v) is 5.91. The van der Waals surface area contributed by atoms with Gasteiger partial charge in [-0.3, -0.25) is 0 Å². The van der Waals surface area contributed by atoms with Gasteiger partial charge in [0.15, 0.2) is 0 Å². The van der Waals surface area contributed by atoms with E-state index >= 15 is 0 Å². The molecule has 0 bridgehead atoms. The number of fused-ring (bicyclic) bond motifs is 1. The molecule has 0 spiro atoms. The van der Waals surface area contributed by atoms with E-state index in [0.29, 0.717) is 0 Å². The van der Waals surface area contributed by atoms with Gasteiger partial charge in [0.2, 0.25) is 0 Å². The second-order valence-corrected chi connectivity index (χ2v) is 11.2. The third-order valence-electron chi connectivity index (χ3n) is 7.63. The van der Waals surface area contributed by atoms with Gasteiger partial charge in [-0.2, -0.15) is 11.8 Å². The van der Waals surface area contributed by atoms with Crippen LogP contribution < -0.4 is 9.64 Å². The van der Waals surface area contributed by atoms with E-state index in [1.807, 2.05) is 11.8 Å². The quantitative estimate of drug-likeness (QED) is 0.274. The lowest BCUT2D eigenvalue weighted by atomic mass is 9.80. The van der Waals surface area contributed by atoms with Crippen LogP contribution in [0, 0.1) is 0 Å². The van der Waals surface area contributed by atoms with Crippen LogP contribution in [0.4, 0.5) is 5.69 Å². The molecular weight excluding hydrogens is 446 g/mol. The van der Waals surface area contributed by atoms with Crippen LogP contribution in [-0.4, -0.2) is 31.7 Å². The maximum Gasteiger partial charge on any atom is 0.126 e. The molecule has 0 N–H and O–H groups in total. The third-order valence-corrected chi connectivity index (χ3v) is 8.58. The zero-order valence-electron chi connectivity index (χ0n) is 21.3. The molecule has 0 unspecified atom stereocenters. The first-order valence-electron chi connectivity index (χ1n) is 12.7. The highest BCUT2D eigenvalue weighted by Gasteiger charge is 2.21. The largest absolute Gasteiger partial charge is 0.496 e. The van der Waals surface area contributed by atoms with Crippen molar-refractivity contribution in [2.75, 3.05) is 36.6 Å². The Kier molecular flexibility index (Phi) is 6.80. The standard InChI is InChI=1S/C32H35NOS/c1-5-32(2,3)24-12-17-31(34-4)30(22-24)29-16-15-26(27-8-6-7-9-28(27)29)23-10-13-25(14-11-23)33-18-20-35-21-19-33/h6-17,22H,5,18-21H2,1-4H3. The molecular formula is C32H35NOS. The number of rotatable bonds is 6. The molecule has 0 aliphatic carbocycles. The Labute approximate surface area is 214 Å². The van der Waals surface area contributed by atoms with Gasteiger partial charge in [0.1, 0.15) is 5.75 Å². The summed E-state index contributed by atoms with van der Waals surface area (Å²) in [5.41, 5.74) is 7.70. The van der Waals surface area contributed by atoms with Crippen LogP contribution in [0.2, 0.25) is 0 Å². The molecule has 0 aromatic heterocycles. The van der Waals surface area contributed by atoms with Crippen LogP contribution in [-0.2, 0) is 5.41 Å². The predicted octanol–water partition coefficient (Wildman–Crippen LogP) is 8.42. The third kappa shape index (κ3) is 4.67. The van der Waals surface area contributed by atoms with Crippen LogP contribution in [0.5, 0.6) is 5.75 Å². The number of ether oxygens (including phenoxy) is 1. The molecule has 4 aromatic rings. The van der Waals surface area contributed by atoms with Crippen molar-refractivity contribution in [3.8, 4) is 28.0 Å². The maximum atomic E-state index is 5.83. The summed E-state index contributed by atoms with van der Waals surface area (Å²) in [5.74, 6) is 3.35. The predicted molar refractivity (Wildman–Crippen MR) is 154 cm³/mol. The summed E-state index contributed by atoms with van der Waals surface area (Å²) in [6.07, 6.45) is 1.09. The Balaban J connectivity index is 1.60. The van der Waals surface area contributed by atoms with E-state index in [1.165, 1.54) is 50.2 Å². The lowest BCUT2D eigenvalue weighted by Gasteiger charge is -2.28. The molecule has 1 aliphatic rings. The SMILES string of the molecule is CCC(C)(C)c1ccc(OC)c(-c2ccc(-c3ccc(N4CCSCC4)cc3)c3ccccc23)c1. The molecule has 35 heavy (non-hydrogen) atoms.